The minimum Gasteiger partial charge on any atom is -0.455 e. The number of nitrogens with one attached hydrogen (secondary N) is 1. The molecule has 0 spiro atoms. The molecule has 0 bridgehead atoms. The lowest BCUT2D eigenvalue weighted by Crippen LogP contribution is -2.40. The fourth-order valence-corrected chi connectivity index (χ4v) is 3.22. The highest BCUT2D eigenvalue weighted by atomic mass is 16.5. The highest BCUT2D eigenvalue weighted by Crippen LogP contribution is 2.32. The average Bonchev–Trinajstić information content (AvgIpc) is 2.73. The van der Waals surface area contributed by atoms with Gasteiger partial charge in [0.1, 0.15) is 5.75 Å². The van der Waals surface area contributed by atoms with Crippen LogP contribution in [0.5, 0.6) is 11.5 Å². The zero-order valence-electron chi connectivity index (χ0n) is 16.1. The lowest BCUT2D eigenvalue weighted by atomic mass is 9.99. The van der Waals surface area contributed by atoms with Crippen molar-refractivity contribution in [3.05, 3.63) is 54.6 Å². The Hall–Kier alpha value is -2.86. The molecule has 0 unspecified atom stereocenters. The first-order chi connectivity index (χ1) is 13.6. The normalized spacial score (nSPS) is 14.3. The number of para-hydroxylation sites is 3. The minimum atomic E-state index is -0.107. The first kappa shape index (κ1) is 19.9. The van der Waals surface area contributed by atoms with Gasteiger partial charge in [-0.2, -0.15) is 0 Å². The minimum absolute atomic E-state index is 0.00627. The predicted octanol–water partition coefficient (Wildman–Crippen LogP) is 3.37. The Labute approximate surface area is 165 Å². The van der Waals surface area contributed by atoms with Crippen molar-refractivity contribution in [3.8, 4) is 11.5 Å². The summed E-state index contributed by atoms with van der Waals surface area (Å²) < 4.78 is 11.3. The topological polar surface area (TPSA) is 67.9 Å². The maximum Gasteiger partial charge on any atom is 0.224 e. The number of carbonyl (C=O) groups is 2. The van der Waals surface area contributed by atoms with Gasteiger partial charge in [0.2, 0.25) is 11.8 Å². The highest BCUT2D eigenvalue weighted by molar-refractivity contribution is 5.93. The van der Waals surface area contributed by atoms with E-state index < -0.39 is 0 Å². The van der Waals surface area contributed by atoms with Gasteiger partial charge in [0.15, 0.2) is 5.75 Å². The van der Waals surface area contributed by atoms with Crippen LogP contribution < -0.4 is 15.0 Å². The smallest absolute Gasteiger partial charge is 0.224 e. The molecule has 1 aliphatic rings. The van der Waals surface area contributed by atoms with Gasteiger partial charge in [-0.3, -0.25) is 9.59 Å². The number of benzene rings is 2. The number of hydrogen-bond acceptors (Lipinski definition) is 4. The van der Waals surface area contributed by atoms with Crippen molar-refractivity contribution >= 4 is 17.5 Å². The molecule has 1 heterocycles. The molecule has 0 atom stereocenters. The van der Waals surface area contributed by atoms with Gasteiger partial charge in [0.05, 0.1) is 5.69 Å². The van der Waals surface area contributed by atoms with Gasteiger partial charge in [-0.15, -0.1) is 0 Å². The summed E-state index contributed by atoms with van der Waals surface area (Å²) in [6.07, 6.45) is 1.49. The summed E-state index contributed by atoms with van der Waals surface area (Å²) in [7, 11) is 0. The zero-order chi connectivity index (χ0) is 19.8. The molecule has 0 aliphatic carbocycles. The average molecular weight is 382 g/mol. The summed E-state index contributed by atoms with van der Waals surface area (Å²) in [5.74, 6) is 1.21. The molecular formula is C22H26N2O4. The van der Waals surface area contributed by atoms with Crippen LogP contribution in [-0.2, 0) is 14.3 Å². The number of ether oxygens (including phenoxy) is 2. The van der Waals surface area contributed by atoms with E-state index in [-0.39, 0.29) is 17.7 Å². The SMILES string of the molecule is CC(=O)N(CCNC(=O)C1CCOCC1)c1ccccc1Oc1ccccc1. The van der Waals surface area contributed by atoms with Gasteiger partial charge < -0.3 is 19.7 Å². The van der Waals surface area contributed by atoms with E-state index in [1.165, 1.54) is 6.92 Å². The van der Waals surface area contributed by atoms with Crippen LogP contribution in [0.2, 0.25) is 0 Å². The van der Waals surface area contributed by atoms with Crippen molar-refractivity contribution < 1.29 is 19.1 Å². The summed E-state index contributed by atoms with van der Waals surface area (Å²) in [5, 5.41) is 2.95. The summed E-state index contributed by atoms with van der Waals surface area (Å²) in [6, 6.07) is 16.8. The zero-order valence-corrected chi connectivity index (χ0v) is 16.1. The second-order valence-corrected chi connectivity index (χ2v) is 6.73. The van der Waals surface area contributed by atoms with E-state index in [9.17, 15) is 9.59 Å². The Balaban J connectivity index is 1.65. The van der Waals surface area contributed by atoms with Crippen molar-refractivity contribution in [2.75, 3.05) is 31.2 Å². The molecule has 2 aromatic rings. The highest BCUT2D eigenvalue weighted by Gasteiger charge is 2.22. The third kappa shape index (κ3) is 5.33. The number of carbonyl (C=O) groups excluding carboxylic acids is 2. The van der Waals surface area contributed by atoms with Crippen molar-refractivity contribution in [2.24, 2.45) is 5.92 Å². The Morgan fingerprint density at radius 1 is 1.07 bits per heavy atom. The van der Waals surface area contributed by atoms with Crippen LogP contribution in [-0.4, -0.2) is 38.1 Å². The summed E-state index contributed by atoms with van der Waals surface area (Å²) in [5.41, 5.74) is 0.680. The van der Waals surface area contributed by atoms with E-state index in [0.29, 0.717) is 43.5 Å². The van der Waals surface area contributed by atoms with Crippen LogP contribution in [0.25, 0.3) is 0 Å². The third-order valence-electron chi connectivity index (χ3n) is 4.73. The lowest BCUT2D eigenvalue weighted by molar-refractivity contribution is -0.127. The van der Waals surface area contributed by atoms with Gasteiger partial charge >= 0.3 is 0 Å². The molecule has 3 rings (SSSR count). The summed E-state index contributed by atoms with van der Waals surface area (Å²) in [4.78, 5) is 26.2. The molecular weight excluding hydrogens is 356 g/mol. The monoisotopic (exact) mass is 382 g/mol. The maximum absolute atomic E-state index is 12.3. The van der Waals surface area contributed by atoms with E-state index in [4.69, 9.17) is 9.47 Å². The van der Waals surface area contributed by atoms with Gasteiger partial charge in [0.25, 0.3) is 0 Å². The quantitative estimate of drug-likeness (QED) is 0.797. The third-order valence-corrected chi connectivity index (χ3v) is 4.73. The van der Waals surface area contributed by atoms with E-state index in [1.807, 2.05) is 54.6 Å². The van der Waals surface area contributed by atoms with Crippen molar-refractivity contribution in [3.63, 3.8) is 0 Å². The first-order valence-corrected chi connectivity index (χ1v) is 9.60. The lowest BCUT2D eigenvalue weighted by Gasteiger charge is -2.25. The standard InChI is InChI=1S/C22H26N2O4/c1-17(25)24(14-13-23-22(26)18-11-15-27-16-12-18)20-9-5-6-10-21(20)28-19-7-3-2-4-8-19/h2-10,18H,11-16H2,1H3,(H,23,26). The van der Waals surface area contributed by atoms with Crippen LogP contribution in [0, 0.1) is 5.92 Å². The fraction of sp³-hybridized carbons (Fsp3) is 0.364. The molecule has 6 nitrogen and oxygen atoms in total. The van der Waals surface area contributed by atoms with Crippen molar-refractivity contribution in [1.82, 2.24) is 5.32 Å². The number of anilines is 1. The molecule has 1 N–H and O–H groups in total. The van der Waals surface area contributed by atoms with E-state index >= 15 is 0 Å². The van der Waals surface area contributed by atoms with Gasteiger partial charge in [-0.05, 0) is 37.1 Å². The van der Waals surface area contributed by atoms with Crippen LogP contribution in [0.4, 0.5) is 5.69 Å². The molecule has 2 amide bonds. The van der Waals surface area contributed by atoms with Gasteiger partial charge in [-0.25, -0.2) is 0 Å². The number of nitrogens with zero attached hydrogens (tertiary/aromatic N) is 1. The number of rotatable bonds is 7. The Morgan fingerprint density at radius 2 is 1.75 bits per heavy atom. The van der Waals surface area contributed by atoms with Crippen LogP contribution in [0.3, 0.4) is 0 Å². The molecule has 0 saturated carbocycles. The Kier molecular flexibility index (Phi) is 7.03. The molecule has 1 fully saturated rings. The second kappa shape index (κ2) is 9.90. The first-order valence-electron chi connectivity index (χ1n) is 9.60. The molecule has 6 heteroatoms. The van der Waals surface area contributed by atoms with Crippen LogP contribution in [0.1, 0.15) is 19.8 Å². The molecule has 28 heavy (non-hydrogen) atoms. The molecule has 1 aliphatic heterocycles. The summed E-state index contributed by atoms with van der Waals surface area (Å²) >= 11 is 0. The van der Waals surface area contributed by atoms with Crippen molar-refractivity contribution in [1.29, 1.82) is 0 Å². The van der Waals surface area contributed by atoms with Crippen molar-refractivity contribution in [2.45, 2.75) is 19.8 Å². The fourth-order valence-electron chi connectivity index (χ4n) is 3.22. The second-order valence-electron chi connectivity index (χ2n) is 6.73. The molecule has 1 saturated heterocycles. The summed E-state index contributed by atoms with van der Waals surface area (Å²) in [6.45, 7) is 3.53. The van der Waals surface area contributed by atoms with Crippen LogP contribution >= 0.6 is 0 Å². The molecule has 0 aromatic heterocycles. The maximum atomic E-state index is 12.3. The predicted molar refractivity (Wildman–Crippen MR) is 108 cm³/mol. The van der Waals surface area contributed by atoms with Gasteiger partial charge in [0, 0.05) is 39.1 Å². The Bertz CT molecular complexity index is 788. The molecule has 148 valence electrons. The number of hydrogen-bond donors (Lipinski definition) is 1. The van der Waals surface area contributed by atoms with E-state index in [0.717, 1.165) is 12.8 Å². The molecule has 2 aromatic carbocycles. The van der Waals surface area contributed by atoms with E-state index in [2.05, 4.69) is 5.32 Å². The molecule has 0 radical (unpaired) electrons. The van der Waals surface area contributed by atoms with Gasteiger partial charge in [-0.1, -0.05) is 30.3 Å². The largest absolute Gasteiger partial charge is 0.455 e. The number of amides is 2. The Morgan fingerprint density at radius 3 is 2.46 bits per heavy atom. The van der Waals surface area contributed by atoms with Crippen LogP contribution in [0.15, 0.2) is 54.6 Å². The van der Waals surface area contributed by atoms with E-state index in [1.54, 1.807) is 4.90 Å².